The van der Waals surface area contributed by atoms with Crippen LogP contribution in [0.25, 0.3) is 0 Å². The van der Waals surface area contributed by atoms with E-state index in [0.717, 1.165) is 17.0 Å². The molecule has 2 aromatic rings. The number of nitrogens with zero attached hydrogens (tertiary/aromatic N) is 2. The summed E-state index contributed by atoms with van der Waals surface area (Å²) < 4.78 is 8.86. The summed E-state index contributed by atoms with van der Waals surface area (Å²) in [6.07, 6.45) is 0. The summed E-state index contributed by atoms with van der Waals surface area (Å²) in [5.74, 6) is 0.822. The first-order valence-electron chi connectivity index (χ1n) is 4.47. The molecule has 0 aliphatic carbocycles. The molecule has 0 amide bonds. The molecule has 0 fully saturated rings. The largest absolute Gasteiger partial charge is 0.497 e. The highest BCUT2D eigenvalue weighted by Gasteiger charge is 2.11. The molecule has 2 N–H and O–H groups in total. The minimum Gasteiger partial charge on any atom is -0.497 e. The van der Waals surface area contributed by atoms with Gasteiger partial charge < -0.3 is 10.5 Å². The van der Waals surface area contributed by atoms with Crippen LogP contribution in [-0.2, 0) is 0 Å². The maximum absolute atomic E-state index is 6.02. The molecular formula is C10H11N3OS. The number of hydrogen-bond acceptors (Lipinski definition) is 5. The van der Waals surface area contributed by atoms with Crippen LogP contribution in [-0.4, -0.2) is 16.7 Å². The third-order valence-corrected chi connectivity index (χ3v) is 2.69. The number of aromatic nitrogens is 2. The van der Waals surface area contributed by atoms with Crippen molar-refractivity contribution >= 4 is 11.5 Å². The minimum absolute atomic E-state index is 0.213. The van der Waals surface area contributed by atoms with Crippen molar-refractivity contribution in [1.29, 1.82) is 0 Å². The third kappa shape index (κ3) is 2.14. The fourth-order valence-electron chi connectivity index (χ4n) is 1.29. The maximum Gasteiger partial charge on any atom is 0.118 e. The summed E-state index contributed by atoms with van der Waals surface area (Å²) in [5, 5.41) is 5.80. The van der Waals surface area contributed by atoms with Gasteiger partial charge in [0.25, 0.3) is 0 Å². The van der Waals surface area contributed by atoms with Crippen molar-refractivity contribution < 1.29 is 4.74 Å². The molecule has 0 aliphatic rings. The second kappa shape index (κ2) is 4.37. The Labute approximate surface area is 91.9 Å². The first-order valence-corrected chi connectivity index (χ1v) is 5.31. The predicted molar refractivity (Wildman–Crippen MR) is 58.9 cm³/mol. The van der Waals surface area contributed by atoms with Crippen molar-refractivity contribution in [2.24, 2.45) is 5.73 Å². The van der Waals surface area contributed by atoms with Gasteiger partial charge in [0.15, 0.2) is 0 Å². The van der Waals surface area contributed by atoms with Gasteiger partial charge in [-0.3, -0.25) is 0 Å². The molecule has 2 rings (SSSR count). The van der Waals surface area contributed by atoms with E-state index in [1.807, 2.05) is 29.6 Å². The molecule has 0 saturated carbocycles. The quantitative estimate of drug-likeness (QED) is 0.855. The summed E-state index contributed by atoms with van der Waals surface area (Å²) >= 11 is 1.30. The van der Waals surface area contributed by atoms with Gasteiger partial charge in [0.05, 0.1) is 18.8 Å². The normalized spacial score (nSPS) is 12.4. The van der Waals surface area contributed by atoms with E-state index in [0.29, 0.717) is 0 Å². The molecule has 15 heavy (non-hydrogen) atoms. The van der Waals surface area contributed by atoms with Crippen LogP contribution in [0.15, 0.2) is 29.6 Å². The number of methoxy groups -OCH3 is 1. The summed E-state index contributed by atoms with van der Waals surface area (Å²) in [4.78, 5) is 0. The Morgan fingerprint density at radius 1 is 1.33 bits per heavy atom. The molecule has 78 valence electrons. The SMILES string of the molecule is COc1ccc(C(N)c2csnn2)cc1. The van der Waals surface area contributed by atoms with Gasteiger partial charge in [-0.05, 0) is 29.2 Å². The highest BCUT2D eigenvalue weighted by molar-refractivity contribution is 7.03. The molecule has 1 atom stereocenters. The third-order valence-electron chi connectivity index (χ3n) is 2.17. The summed E-state index contributed by atoms with van der Waals surface area (Å²) in [5.41, 5.74) is 7.82. The van der Waals surface area contributed by atoms with E-state index in [1.54, 1.807) is 7.11 Å². The zero-order valence-electron chi connectivity index (χ0n) is 8.25. The van der Waals surface area contributed by atoms with Crippen LogP contribution in [0.5, 0.6) is 5.75 Å². The van der Waals surface area contributed by atoms with Crippen LogP contribution < -0.4 is 10.5 Å². The number of nitrogens with two attached hydrogens (primary N) is 1. The molecular weight excluding hydrogens is 210 g/mol. The van der Waals surface area contributed by atoms with Crippen molar-refractivity contribution in [2.45, 2.75) is 6.04 Å². The van der Waals surface area contributed by atoms with E-state index in [4.69, 9.17) is 10.5 Å². The standard InChI is InChI=1S/C10H11N3OS/c1-14-8-4-2-7(3-5-8)10(11)9-6-15-13-12-9/h2-6,10H,11H2,1H3. The average molecular weight is 221 g/mol. The fraction of sp³-hybridized carbons (Fsp3) is 0.200. The summed E-state index contributed by atoms with van der Waals surface area (Å²) in [6, 6.07) is 7.42. The van der Waals surface area contributed by atoms with Crippen molar-refractivity contribution in [3.63, 3.8) is 0 Å². The maximum atomic E-state index is 6.02. The summed E-state index contributed by atoms with van der Waals surface area (Å²) in [6.45, 7) is 0. The van der Waals surface area contributed by atoms with Crippen molar-refractivity contribution in [3.8, 4) is 5.75 Å². The number of hydrogen-bond donors (Lipinski definition) is 1. The number of rotatable bonds is 3. The summed E-state index contributed by atoms with van der Waals surface area (Å²) in [7, 11) is 1.64. The lowest BCUT2D eigenvalue weighted by Crippen LogP contribution is -2.12. The van der Waals surface area contributed by atoms with Crippen molar-refractivity contribution in [3.05, 3.63) is 40.9 Å². The zero-order valence-corrected chi connectivity index (χ0v) is 9.07. The number of ether oxygens (including phenoxy) is 1. The van der Waals surface area contributed by atoms with Gasteiger partial charge in [-0.15, -0.1) is 5.10 Å². The van der Waals surface area contributed by atoms with Gasteiger partial charge >= 0.3 is 0 Å². The van der Waals surface area contributed by atoms with E-state index in [2.05, 4.69) is 9.59 Å². The molecule has 0 bridgehead atoms. The molecule has 1 unspecified atom stereocenters. The van der Waals surface area contributed by atoms with E-state index in [-0.39, 0.29) is 6.04 Å². The smallest absolute Gasteiger partial charge is 0.118 e. The van der Waals surface area contributed by atoms with E-state index >= 15 is 0 Å². The topological polar surface area (TPSA) is 61.0 Å². The van der Waals surface area contributed by atoms with Gasteiger partial charge in [0.1, 0.15) is 5.75 Å². The van der Waals surface area contributed by atoms with E-state index in [9.17, 15) is 0 Å². The van der Waals surface area contributed by atoms with E-state index in [1.165, 1.54) is 11.5 Å². The van der Waals surface area contributed by atoms with Crippen molar-refractivity contribution in [2.75, 3.05) is 7.11 Å². The van der Waals surface area contributed by atoms with E-state index < -0.39 is 0 Å². The van der Waals surface area contributed by atoms with Crippen LogP contribution in [0.3, 0.4) is 0 Å². The lowest BCUT2D eigenvalue weighted by molar-refractivity contribution is 0.414. The minimum atomic E-state index is -0.213. The highest BCUT2D eigenvalue weighted by Crippen LogP contribution is 2.20. The second-order valence-electron chi connectivity index (χ2n) is 3.08. The van der Waals surface area contributed by atoms with Crippen molar-refractivity contribution in [1.82, 2.24) is 9.59 Å². The van der Waals surface area contributed by atoms with Gasteiger partial charge in [0, 0.05) is 5.38 Å². The Hall–Kier alpha value is -1.46. The Kier molecular flexibility index (Phi) is 2.94. The molecule has 1 heterocycles. The Balaban J connectivity index is 2.22. The molecule has 1 aromatic carbocycles. The molecule has 0 aliphatic heterocycles. The lowest BCUT2D eigenvalue weighted by Gasteiger charge is -2.08. The zero-order chi connectivity index (χ0) is 10.7. The molecule has 4 nitrogen and oxygen atoms in total. The molecule has 0 spiro atoms. The van der Waals surface area contributed by atoms with Crippen LogP contribution in [0.1, 0.15) is 17.3 Å². The number of benzene rings is 1. The Morgan fingerprint density at radius 2 is 2.07 bits per heavy atom. The van der Waals surface area contributed by atoms with Gasteiger partial charge in [-0.25, -0.2) is 0 Å². The fourth-order valence-corrected chi connectivity index (χ4v) is 1.78. The molecule has 5 heteroatoms. The second-order valence-corrected chi connectivity index (χ2v) is 3.69. The molecule has 0 saturated heterocycles. The monoisotopic (exact) mass is 221 g/mol. The Morgan fingerprint density at radius 3 is 2.60 bits per heavy atom. The van der Waals surface area contributed by atoms with Crippen LogP contribution in [0.2, 0.25) is 0 Å². The van der Waals surface area contributed by atoms with Gasteiger partial charge in [-0.1, -0.05) is 16.6 Å². The van der Waals surface area contributed by atoms with Crippen LogP contribution in [0, 0.1) is 0 Å². The molecule has 0 radical (unpaired) electrons. The van der Waals surface area contributed by atoms with Crippen LogP contribution >= 0.6 is 11.5 Å². The highest BCUT2D eigenvalue weighted by atomic mass is 32.1. The van der Waals surface area contributed by atoms with Gasteiger partial charge in [0.2, 0.25) is 0 Å². The first-order chi connectivity index (χ1) is 7.31. The average Bonchev–Trinajstić information content (AvgIpc) is 2.82. The molecule has 1 aromatic heterocycles. The lowest BCUT2D eigenvalue weighted by atomic mass is 10.1. The van der Waals surface area contributed by atoms with Crippen LogP contribution in [0.4, 0.5) is 0 Å². The predicted octanol–water partition coefficient (Wildman–Crippen LogP) is 1.59. The Bertz CT molecular complexity index is 413. The first kappa shape index (κ1) is 10.1. The van der Waals surface area contributed by atoms with Gasteiger partial charge in [-0.2, -0.15) is 0 Å².